The summed E-state index contributed by atoms with van der Waals surface area (Å²) in [4.78, 5) is 17.0. The summed E-state index contributed by atoms with van der Waals surface area (Å²) >= 11 is 16.8. The third kappa shape index (κ3) is 4.15. The summed E-state index contributed by atoms with van der Waals surface area (Å²) in [6.07, 6.45) is 0. The van der Waals surface area contributed by atoms with E-state index in [1.807, 2.05) is 29.6 Å². The predicted molar refractivity (Wildman–Crippen MR) is 106 cm³/mol. The number of rotatable bonds is 4. The van der Waals surface area contributed by atoms with Gasteiger partial charge in [0.05, 0.1) is 23.4 Å². The van der Waals surface area contributed by atoms with E-state index in [2.05, 4.69) is 26.2 Å². The van der Waals surface area contributed by atoms with Crippen molar-refractivity contribution in [1.82, 2.24) is 4.98 Å². The molecule has 1 heterocycles. The van der Waals surface area contributed by atoms with Gasteiger partial charge in [0.1, 0.15) is 5.75 Å². The predicted octanol–water partition coefficient (Wildman–Crippen LogP) is 6.14. The van der Waals surface area contributed by atoms with Crippen LogP contribution in [0.5, 0.6) is 5.75 Å². The van der Waals surface area contributed by atoms with E-state index in [4.69, 9.17) is 27.9 Å². The van der Waals surface area contributed by atoms with Crippen LogP contribution in [0.2, 0.25) is 10.0 Å². The lowest BCUT2D eigenvalue weighted by Gasteiger charge is -2.10. The van der Waals surface area contributed by atoms with Crippen LogP contribution >= 0.6 is 50.5 Å². The van der Waals surface area contributed by atoms with Gasteiger partial charge in [0, 0.05) is 20.4 Å². The van der Waals surface area contributed by atoms with Crippen molar-refractivity contribution in [2.24, 2.45) is 0 Å². The van der Waals surface area contributed by atoms with Crippen molar-refractivity contribution in [2.45, 2.75) is 0 Å². The van der Waals surface area contributed by atoms with Crippen LogP contribution in [0.4, 0.5) is 5.13 Å². The minimum absolute atomic E-state index is 0.250. The van der Waals surface area contributed by atoms with Gasteiger partial charge in [-0.25, -0.2) is 4.98 Å². The number of hydrogen-bond donors (Lipinski definition) is 1. The molecule has 0 aliphatic heterocycles. The molecule has 3 aromatic rings. The standard InChI is InChI=1S/C17H11BrCl2N2O2S/c1-24-15-12(6-11(19)7-13(15)20)16(23)22-17-21-14(8-25-17)9-2-4-10(18)5-3-9/h2-8H,1H3,(H,21,22,23). The van der Waals surface area contributed by atoms with Gasteiger partial charge >= 0.3 is 0 Å². The van der Waals surface area contributed by atoms with Crippen LogP contribution in [0, 0.1) is 0 Å². The van der Waals surface area contributed by atoms with Crippen LogP contribution in [0.15, 0.2) is 46.3 Å². The monoisotopic (exact) mass is 456 g/mol. The van der Waals surface area contributed by atoms with E-state index in [9.17, 15) is 4.79 Å². The zero-order valence-corrected chi connectivity index (χ0v) is 16.8. The number of methoxy groups -OCH3 is 1. The number of benzene rings is 2. The largest absolute Gasteiger partial charge is 0.494 e. The van der Waals surface area contributed by atoms with E-state index in [1.54, 1.807) is 0 Å². The summed E-state index contributed by atoms with van der Waals surface area (Å²) < 4.78 is 6.19. The van der Waals surface area contributed by atoms with E-state index < -0.39 is 5.91 Å². The molecule has 2 aromatic carbocycles. The van der Waals surface area contributed by atoms with Gasteiger partial charge < -0.3 is 4.74 Å². The van der Waals surface area contributed by atoms with Crippen molar-refractivity contribution in [3.63, 3.8) is 0 Å². The lowest BCUT2D eigenvalue weighted by atomic mass is 10.2. The van der Waals surface area contributed by atoms with Crippen LogP contribution < -0.4 is 10.1 Å². The highest BCUT2D eigenvalue weighted by Crippen LogP contribution is 2.33. The maximum Gasteiger partial charge on any atom is 0.261 e. The first-order chi connectivity index (χ1) is 12.0. The minimum atomic E-state index is -0.391. The normalized spacial score (nSPS) is 10.6. The number of ether oxygens (including phenoxy) is 1. The molecule has 0 saturated heterocycles. The molecule has 0 aliphatic carbocycles. The van der Waals surface area contributed by atoms with E-state index in [0.717, 1.165) is 15.7 Å². The molecule has 128 valence electrons. The molecule has 0 aliphatic rings. The summed E-state index contributed by atoms with van der Waals surface area (Å²) in [7, 11) is 1.45. The highest BCUT2D eigenvalue weighted by molar-refractivity contribution is 9.10. The fraction of sp³-hybridized carbons (Fsp3) is 0.0588. The molecule has 1 amide bonds. The van der Waals surface area contributed by atoms with Crippen molar-refractivity contribution >= 4 is 61.5 Å². The average molecular weight is 458 g/mol. The second-order valence-corrected chi connectivity index (χ2v) is 7.58. The van der Waals surface area contributed by atoms with Crippen LogP contribution in [-0.2, 0) is 0 Å². The molecule has 3 rings (SSSR count). The van der Waals surface area contributed by atoms with Gasteiger partial charge in [0.25, 0.3) is 5.91 Å². The molecule has 1 aromatic heterocycles. The first-order valence-electron chi connectivity index (χ1n) is 7.04. The van der Waals surface area contributed by atoms with Gasteiger partial charge in [-0.2, -0.15) is 0 Å². The Morgan fingerprint density at radius 3 is 2.64 bits per heavy atom. The molecule has 0 bridgehead atoms. The van der Waals surface area contributed by atoms with Gasteiger partial charge in [-0.05, 0) is 24.3 Å². The number of aromatic nitrogens is 1. The number of nitrogens with one attached hydrogen (secondary N) is 1. The third-order valence-electron chi connectivity index (χ3n) is 3.32. The number of amides is 1. The molecule has 8 heteroatoms. The van der Waals surface area contributed by atoms with Gasteiger partial charge in [-0.1, -0.05) is 51.3 Å². The Morgan fingerprint density at radius 1 is 1.24 bits per heavy atom. The zero-order chi connectivity index (χ0) is 18.0. The first-order valence-corrected chi connectivity index (χ1v) is 9.46. The molecule has 0 atom stereocenters. The maximum atomic E-state index is 12.5. The number of thiazole rings is 1. The Bertz CT molecular complexity index is 929. The summed E-state index contributed by atoms with van der Waals surface area (Å²) in [6.45, 7) is 0. The van der Waals surface area contributed by atoms with Crippen LogP contribution in [0.1, 0.15) is 10.4 Å². The number of nitrogens with zero attached hydrogens (tertiary/aromatic N) is 1. The molecular formula is C17H11BrCl2N2O2S. The highest BCUT2D eigenvalue weighted by Gasteiger charge is 2.18. The van der Waals surface area contributed by atoms with E-state index in [1.165, 1.54) is 30.6 Å². The summed E-state index contributed by atoms with van der Waals surface area (Å²) in [5.74, 6) is -0.119. The molecular weight excluding hydrogens is 447 g/mol. The van der Waals surface area contributed by atoms with Gasteiger partial charge in [-0.15, -0.1) is 11.3 Å². The van der Waals surface area contributed by atoms with Crippen LogP contribution in [0.25, 0.3) is 11.3 Å². The third-order valence-corrected chi connectivity index (χ3v) is 5.11. The van der Waals surface area contributed by atoms with Gasteiger partial charge in [0.15, 0.2) is 5.13 Å². The fourth-order valence-corrected chi connectivity index (χ4v) is 3.73. The number of hydrogen-bond acceptors (Lipinski definition) is 4. The highest BCUT2D eigenvalue weighted by atomic mass is 79.9. The molecule has 25 heavy (non-hydrogen) atoms. The molecule has 0 radical (unpaired) electrons. The molecule has 1 N–H and O–H groups in total. The lowest BCUT2D eigenvalue weighted by Crippen LogP contribution is -2.13. The molecule has 0 unspecified atom stereocenters. The quantitative estimate of drug-likeness (QED) is 0.511. The number of carbonyl (C=O) groups is 1. The zero-order valence-electron chi connectivity index (χ0n) is 12.8. The molecule has 4 nitrogen and oxygen atoms in total. The van der Waals surface area contributed by atoms with Gasteiger partial charge in [0.2, 0.25) is 0 Å². The van der Waals surface area contributed by atoms with Crippen molar-refractivity contribution in [3.8, 4) is 17.0 Å². The van der Waals surface area contributed by atoms with Gasteiger partial charge in [-0.3, -0.25) is 10.1 Å². The second-order valence-electron chi connectivity index (χ2n) is 4.97. The van der Waals surface area contributed by atoms with Crippen molar-refractivity contribution in [2.75, 3.05) is 12.4 Å². The smallest absolute Gasteiger partial charge is 0.261 e. The molecule has 0 spiro atoms. The van der Waals surface area contributed by atoms with E-state index in [-0.39, 0.29) is 16.3 Å². The minimum Gasteiger partial charge on any atom is -0.494 e. The first kappa shape index (κ1) is 18.2. The second kappa shape index (κ2) is 7.74. The Morgan fingerprint density at radius 2 is 1.96 bits per heavy atom. The van der Waals surface area contributed by atoms with E-state index >= 15 is 0 Å². The number of carbonyl (C=O) groups excluding carboxylic acids is 1. The maximum absolute atomic E-state index is 12.5. The fourth-order valence-electron chi connectivity index (χ4n) is 2.19. The van der Waals surface area contributed by atoms with Crippen molar-refractivity contribution in [3.05, 3.63) is 61.9 Å². The molecule has 0 saturated carbocycles. The molecule has 0 fully saturated rings. The lowest BCUT2D eigenvalue weighted by molar-refractivity contribution is 0.102. The Hall–Kier alpha value is -1.60. The van der Waals surface area contributed by atoms with E-state index in [0.29, 0.717) is 10.2 Å². The summed E-state index contributed by atoms with van der Waals surface area (Å²) in [5.41, 5.74) is 1.99. The SMILES string of the molecule is COc1c(Cl)cc(Cl)cc1C(=O)Nc1nc(-c2ccc(Br)cc2)cs1. The summed E-state index contributed by atoms with van der Waals surface area (Å²) in [5, 5.41) is 5.73. The average Bonchev–Trinajstić information content (AvgIpc) is 3.03. The summed E-state index contributed by atoms with van der Waals surface area (Å²) in [6, 6.07) is 10.8. The Kier molecular flexibility index (Phi) is 5.64. The number of anilines is 1. The number of halogens is 3. The van der Waals surface area contributed by atoms with Crippen molar-refractivity contribution in [1.29, 1.82) is 0 Å². The van der Waals surface area contributed by atoms with Crippen LogP contribution in [-0.4, -0.2) is 18.0 Å². The van der Waals surface area contributed by atoms with Crippen LogP contribution in [0.3, 0.4) is 0 Å². The van der Waals surface area contributed by atoms with Crippen molar-refractivity contribution < 1.29 is 9.53 Å². The topological polar surface area (TPSA) is 51.2 Å². The Balaban J connectivity index is 1.84. The Labute approximate surface area is 166 Å².